The van der Waals surface area contributed by atoms with E-state index in [0.717, 1.165) is 24.3 Å². The van der Waals surface area contributed by atoms with Gasteiger partial charge >= 0.3 is 11.4 Å². The molecular weight excluding hydrogens is 496 g/mol. The molecule has 0 unspecified atom stereocenters. The third kappa shape index (κ3) is 4.14. The van der Waals surface area contributed by atoms with E-state index in [9.17, 15) is 45.3 Å². The van der Waals surface area contributed by atoms with E-state index >= 15 is 0 Å². The van der Waals surface area contributed by atoms with Gasteiger partial charge in [0.2, 0.25) is 12.1 Å². The van der Waals surface area contributed by atoms with Crippen LogP contribution in [0.2, 0.25) is 0 Å². The van der Waals surface area contributed by atoms with Crippen molar-refractivity contribution in [3.05, 3.63) is 47.6 Å². The largest absolute Gasteiger partial charge is 0.504 e. The van der Waals surface area contributed by atoms with Gasteiger partial charge in [-0.2, -0.15) is 0 Å². The van der Waals surface area contributed by atoms with Gasteiger partial charge in [-0.1, -0.05) is 0 Å². The van der Waals surface area contributed by atoms with Crippen molar-refractivity contribution >= 4 is 27.9 Å². The lowest BCUT2D eigenvalue weighted by Gasteiger charge is -2.39. The first-order valence-corrected chi connectivity index (χ1v) is 10.9. The second kappa shape index (κ2) is 9.06. The highest BCUT2D eigenvalue weighted by atomic mass is 16.7. The molecule has 1 aliphatic heterocycles. The maximum absolute atomic E-state index is 11.8. The number of phenols is 2. The number of phenolic OH excluding ortho intramolecular Hbond substituents is 2. The number of carbonyl (C=O) groups is 1. The first kappa shape index (κ1) is 24.5. The summed E-state index contributed by atoms with van der Waals surface area (Å²) in [6.45, 7) is -0.723. The van der Waals surface area contributed by atoms with E-state index in [-0.39, 0.29) is 44.4 Å². The molecule has 0 saturated carbocycles. The van der Waals surface area contributed by atoms with Crippen LogP contribution < -0.4 is 10.2 Å². The lowest BCUT2D eigenvalue weighted by molar-refractivity contribution is -0.277. The van der Waals surface area contributed by atoms with Crippen LogP contribution in [0, 0.1) is 0 Å². The number of aliphatic hydroxyl groups is 4. The number of aromatic carboxylic acids is 1. The van der Waals surface area contributed by atoms with Gasteiger partial charge in [0.1, 0.15) is 35.6 Å². The number of rotatable bonds is 5. The number of carboxylic acid groups (broad SMARTS) is 1. The van der Waals surface area contributed by atoms with Gasteiger partial charge < -0.3 is 54.1 Å². The topological polar surface area (TPSA) is 225 Å². The minimum Gasteiger partial charge on any atom is -0.504 e. The Morgan fingerprint density at radius 3 is 2.30 bits per heavy atom. The molecular formula is C24H21O13+. The van der Waals surface area contributed by atoms with E-state index in [1.807, 2.05) is 0 Å². The van der Waals surface area contributed by atoms with Crippen LogP contribution in [0.3, 0.4) is 0 Å². The minimum atomic E-state index is -1.82. The molecule has 0 spiro atoms. The van der Waals surface area contributed by atoms with Crippen molar-refractivity contribution in [2.45, 2.75) is 30.7 Å². The minimum absolute atomic E-state index is 0.0226. The van der Waals surface area contributed by atoms with Gasteiger partial charge in [0.05, 0.1) is 24.1 Å². The molecule has 3 heterocycles. The summed E-state index contributed by atoms with van der Waals surface area (Å²) in [7, 11) is 0. The number of hydrogen-bond donors (Lipinski definition) is 7. The van der Waals surface area contributed by atoms with Crippen LogP contribution in [0.4, 0.5) is 0 Å². The summed E-state index contributed by atoms with van der Waals surface area (Å²) in [5.41, 5.74) is -0.262. The average molecular weight is 517 g/mol. The molecule has 0 radical (unpaired) electrons. The molecule has 0 bridgehead atoms. The van der Waals surface area contributed by atoms with Gasteiger partial charge in [0, 0.05) is 17.0 Å². The zero-order valence-electron chi connectivity index (χ0n) is 18.7. The van der Waals surface area contributed by atoms with Crippen molar-refractivity contribution in [1.29, 1.82) is 0 Å². The molecule has 0 aliphatic carbocycles. The number of hydrogen-bond acceptors (Lipinski definition) is 11. The average Bonchev–Trinajstić information content (AvgIpc) is 2.86. The van der Waals surface area contributed by atoms with Crippen LogP contribution in [0.25, 0.3) is 33.3 Å². The third-order valence-corrected chi connectivity index (χ3v) is 6.01. The molecule has 5 rings (SSSR count). The second-order valence-electron chi connectivity index (χ2n) is 8.43. The van der Waals surface area contributed by atoms with Crippen molar-refractivity contribution in [2.24, 2.45) is 0 Å². The molecule has 1 fully saturated rings. The lowest BCUT2D eigenvalue weighted by Crippen LogP contribution is -2.60. The number of aliphatic hydroxyl groups excluding tert-OH is 4. The van der Waals surface area contributed by atoms with Gasteiger partial charge in [-0.15, -0.1) is 0 Å². The number of benzene rings is 2. The molecule has 13 heteroatoms. The highest BCUT2D eigenvalue weighted by Crippen LogP contribution is 2.44. The van der Waals surface area contributed by atoms with E-state index < -0.39 is 60.5 Å². The summed E-state index contributed by atoms with van der Waals surface area (Å²) in [6, 6.07) is 7.11. The van der Waals surface area contributed by atoms with Crippen molar-refractivity contribution in [1.82, 2.24) is 0 Å². The Hall–Kier alpha value is -4.14. The Kier molecular flexibility index (Phi) is 6.01. The van der Waals surface area contributed by atoms with Gasteiger partial charge in [-0.05, 0) is 18.2 Å². The SMILES string of the molecule is O=C(O)c1cc2c(O[C@H]3O[C@@H](CO)[C@@H](O)[C@H](O)[C@H]3O)c(-c3ccc(O)c(O)c3)oc3cc(=[OH+])cc(o1)c32. The van der Waals surface area contributed by atoms with Gasteiger partial charge in [-0.25, -0.2) is 4.79 Å². The Balaban J connectivity index is 1.81. The Labute approximate surface area is 205 Å². The summed E-state index contributed by atoms with van der Waals surface area (Å²) in [5, 5.41) is 70.0. The van der Waals surface area contributed by atoms with Gasteiger partial charge in [0.15, 0.2) is 23.0 Å². The smallest absolute Gasteiger partial charge is 0.371 e. The van der Waals surface area contributed by atoms with E-state index in [1.165, 1.54) is 12.1 Å². The van der Waals surface area contributed by atoms with E-state index in [1.54, 1.807) is 0 Å². The molecule has 194 valence electrons. The molecule has 4 aromatic rings. The van der Waals surface area contributed by atoms with Crippen LogP contribution in [-0.2, 0) is 4.74 Å². The number of aromatic hydroxyl groups is 2. The molecule has 1 saturated heterocycles. The second-order valence-corrected chi connectivity index (χ2v) is 8.43. The lowest BCUT2D eigenvalue weighted by atomic mass is 9.99. The molecule has 2 aromatic carbocycles. The molecule has 13 nitrogen and oxygen atoms in total. The van der Waals surface area contributed by atoms with Crippen molar-refractivity contribution in [3.63, 3.8) is 0 Å². The van der Waals surface area contributed by atoms with Crippen LogP contribution in [0.15, 0.2) is 45.2 Å². The molecule has 1 aliphatic rings. The van der Waals surface area contributed by atoms with Gasteiger partial charge in [-0.3, -0.25) is 4.79 Å². The fourth-order valence-corrected chi connectivity index (χ4v) is 4.17. The fraction of sp³-hybridized carbons (Fsp3) is 0.250. The first-order valence-electron chi connectivity index (χ1n) is 10.9. The highest BCUT2D eigenvalue weighted by Gasteiger charge is 2.45. The molecule has 37 heavy (non-hydrogen) atoms. The molecule has 2 aromatic heterocycles. The Morgan fingerprint density at radius 1 is 0.946 bits per heavy atom. The van der Waals surface area contributed by atoms with Crippen LogP contribution in [0.1, 0.15) is 10.6 Å². The summed E-state index contributed by atoms with van der Waals surface area (Å²) in [4.78, 5) is 21.9. The Morgan fingerprint density at radius 2 is 1.65 bits per heavy atom. The van der Waals surface area contributed by atoms with Crippen LogP contribution in [-0.4, -0.2) is 83.8 Å². The zero-order chi connectivity index (χ0) is 26.6. The molecule has 5 atom stereocenters. The van der Waals surface area contributed by atoms with Crippen molar-refractivity contribution in [2.75, 3.05) is 6.61 Å². The summed E-state index contributed by atoms with van der Waals surface area (Å²) >= 11 is 0. The quantitative estimate of drug-likeness (QED) is 0.139. The van der Waals surface area contributed by atoms with Crippen molar-refractivity contribution in [3.8, 4) is 28.6 Å². The standard InChI is InChI=1S/C24H20O13/c25-7-16-18(29)19(30)20(31)24(36-16)37-22-10-6-15(23(32)33)34-13-4-9(26)5-14(17(10)13)35-21(22)8-1-2-11(27)12(28)3-8/h1-6,16,18-20,24-25,27-31H,7H2,(H,32,33)/p+1/t16-,18+,19-,20+,24+/m0/s1. The number of carboxylic acids is 1. The zero-order valence-corrected chi connectivity index (χ0v) is 18.7. The van der Waals surface area contributed by atoms with E-state index in [0.29, 0.717) is 0 Å². The Bertz CT molecular complexity index is 1570. The van der Waals surface area contributed by atoms with Crippen LogP contribution in [0.5, 0.6) is 17.2 Å². The fourth-order valence-electron chi connectivity index (χ4n) is 4.17. The summed E-state index contributed by atoms with van der Waals surface area (Å²) in [6.07, 6.45) is -8.24. The predicted molar refractivity (Wildman–Crippen MR) is 121 cm³/mol. The number of ether oxygens (including phenoxy) is 2. The summed E-state index contributed by atoms with van der Waals surface area (Å²) in [5.74, 6) is -3.37. The normalized spacial score (nSPS) is 23.9. The molecule has 8 N–H and O–H groups in total. The maximum atomic E-state index is 11.8. The monoisotopic (exact) mass is 517 g/mol. The summed E-state index contributed by atoms with van der Waals surface area (Å²) < 4.78 is 22.7. The van der Waals surface area contributed by atoms with E-state index in [2.05, 4.69) is 0 Å². The van der Waals surface area contributed by atoms with Crippen LogP contribution >= 0.6 is 0 Å². The van der Waals surface area contributed by atoms with Gasteiger partial charge in [0.25, 0.3) is 0 Å². The van der Waals surface area contributed by atoms with E-state index in [4.69, 9.17) is 18.3 Å². The predicted octanol–water partition coefficient (Wildman–Crippen LogP) is 0.139. The maximum Gasteiger partial charge on any atom is 0.371 e. The molecule has 0 amide bonds. The highest BCUT2D eigenvalue weighted by molar-refractivity contribution is 6.11. The third-order valence-electron chi connectivity index (χ3n) is 6.01. The van der Waals surface area contributed by atoms with Crippen molar-refractivity contribution < 1.29 is 63.6 Å². The first-order chi connectivity index (χ1) is 17.6.